The highest BCUT2D eigenvalue weighted by atomic mass is 32.2. The summed E-state index contributed by atoms with van der Waals surface area (Å²) in [7, 11) is 0. The number of aliphatic imine (C=N–C) groups is 1. The molecular formula is C16H17NOS. The van der Waals surface area contributed by atoms with Crippen molar-refractivity contribution in [3.05, 3.63) is 59.7 Å². The van der Waals surface area contributed by atoms with E-state index in [0.717, 1.165) is 22.6 Å². The molecular weight excluding hydrogens is 254 g/mol. The van der Waals surface area contributed by atoms with Crippen molar-refractivity contribution in [2.24, 2.45) is 4.99 Å². The van der Waals surface area contributed by atoms with Crippen molar-refractivity contribution in [3.63, 3.8) is 0 Å². The van der Waals surface area contributed by atoms with Gasteiger partial charge in [-0.1, -0.05) is 30.3 Å². The monoisotopic (exact) mass is 271 g/mol. The van der Waals surface area contributed by atoms with Crippen molar-refractivity contribution in [2.45, 2.75) is 13.5 Å². The number of thioether (sulfide) groups is 1. The summed E-state index contributed by atoms with van der Waals surface area (Å²) in [6, 6.07) is 16.2. The molecule has 98 valence electrons. The van der Waals surface area contributed by atoms with Gasteiger partial charge < -0.3 is 4.74 Å². The van der Waals surface area contributed by atoms with E-state index in [9.17, 15) is 0 Å². The number of hydrogen-bond acceptors (Lipinski definition) is 3. The molecule has 0 spiro atoms. The van der Waals surface area contributed by atoms with Crippen molar-refractivity contribution in [2.75, 3.05) is 6.26 Å². The molecule has 2 rings (SSSR count). The Kier molecular flexibility index (Phi) is 5.04. The van der Waals surface area contributed by atoms with E-state index in [1.807, 2.05) is 55.1 Å². The maximum Gasteiger partial charge on any atom is 0.122 e. The Bertz CT molecular complexity index is 552. The Morgan fingerprint density at radius 1 is 1.16 bits per heavy atom. The van der Waals surface area contributed by atoms with Gasteiger partial charge in [-0.3, -0.25) is 0 Å². The number of hydrogen-bond donors (Lipinski definition) is 0. The zero-order valence-corrected chi connectivity index (χ0v) is 12.0. The van der Waals surface area contributed by atoms with Crippen molar-refractivity contribution in [3.8, 4) is 5.75 Å². The average molecular weight is 271 g/mol. The average Bonchev–Trinajstić information content (AvgIpc) is 2.43. The third kappa shape index (κ3) is 4.45. The summed E-state index contributed by atoms with van der Waals surface area (Å²) in [5.41, 5.74) is 5.07. The maximum atomic E-state index is 5.81. The second-order valence-corrected chi connectivity index (χ2v) is 4.93. The number of benzene rings is 2. The van der Waals surface area contributed by atoms with Gasteiger partial charge in [-0.2, -0.15) is 0 Å². The molecule has 0 aromatic heterocycles. The molecule has 0 heterocycles. The highest BCUT2D eigenvalue weighted by Crippen LogP contribution is 2.23. The fourth-order valence-electron chi connectivity index (χ4n) is 1.74. The van der Waals surface area contributed by atoms with E-state index in [2.05, 4.69) is 17.1 Å². The van der Waals surface area contributed by atoms with E-state index in [1.54, 1.807) is 11.8 Å². The van der Waals surface area contributed by atoms with Gasteiger partial charge in [-0.15, -0.1) is 11.8 Å². The van der Waals surface area contributed by atoms with Crippen molar-refractivity contribution in [1.82, 2.24) is 0 Å². The minimum absolute atomic E-state index is 0.579. The molecule has 2 nitrogen and oxygen atoms in total. The summed E-state index contributed by atoms with van der Waals surface area (Å²) < 4.78 is 5.81. The number of aryl methyl sites for hydroxylation is 1. The lowest BCUT2D eigenvalue weighted by atomic mass is 10.2. The van der Waals surface area contributed by atoms with Crippen LogP contribution in [-0.4, -0.2) is 11.8 Å². The van der Waals surface area contributed by atoms with Gasteiger partial charge in [0, 0.05) is 6.07 Å². The Labute approximate surface area is 118 Å². The van der Waals surface area contributed by atoms with E-state index in [-0.39, 0.29) is 0 Å². The third-order valence-electron chi connectivity index (χ3n) is 2.59. The van der Waals surface area contributed by atoms with Gasteiger partial charge in [0.2, 0.25) is 0 Å². The van der Waals surface area contributed by atoms with E-state index >= 15 is 0 Å². The minimum Gasteiger partial charge on any atom is -0.489 e. The molecule has 19 heavy (non-hydrogen) atoms. The molecule has 0 radical (unpaired) electrons. The summed E-state index contributed by atoms with van der Waals surface area (Å²) in [4.78, 5) is 4.36. The van der Waals surface area contributed by atoms with Crippen LogP contribution in [0, 0.1) is 6.92 Å². The molecule has 3 heteroatoms. The lowest BCUT2D eigenvalue weighted by Crippen LogP contribution is -1.95. The fraction of sp³-hybridized carbons (Fsp3) is 0.188. The Morgan fingerprint density at radius 3 is 2.68 bits per heavy atom. The minimum atomic E-state index is 0.579. The summed E-state index contributed by atoms with van der Waals surface area (Å²) >= 11 is 1.59. The third-order valence-corrected chi connectivity index (χ3v) is 2.91. The predicted octanol–water partition coefficient (Wildman–Crippen LogP) is 4.60. The predicted molar refractivity (Wildman–Crippen MR) is 83.6 cm³/mol. The van der Waals surface area contributed by atoms with E-state index in [0.29, 0.717) is 6.61 Å². The molecule has 0 aliphatic rings. The van der Waals surface area contributed by atoms with Crippen molar-refractivity contribution >= 4 is 23.0 Å². The van der Waals surface area contributed by atoms with Gasteiger partial charge in [0.1, 0.15) is 12.4 Å². The first kappa shape index (κ1) is 13.7. The smallest absolute Gasteiger partial charge is 0.122 e. The molecule has 0 aliphatic carbocycles. The Morgan fingerprint density at radius 2 is 1.95 bits per heavy atom. The molecule has 0 saturated carbocycles. The zero-order chi connectivity index (χ0) is 13.5. The largest absolute Gasteiger partial charge is 0.489 e. The van der Waals surface area contributed by atoms with Crippen LogP contribution in [0.2, 0.25) is 0 Å². The normalized spacial score (nSPS) is 10.8. The molecule has 0 saturated heterocycles. The van der Waals surface area contributed by atoms with Crippen LogP contribution in [0.5, 0.6) is 5.75 Å². The first-order chi connectivity index (χ1) is 9.28. The molecule has 0 amide bonds. The van der Waals surface area contributed by atoms with Gasteiger partial charge in [0.05, 0.1) is 11.2 Å². The number of nitrogens with zero attached hydrogens (tertiary/aromatic N) is 1. The quantitative estimate of drug-likeness (QED) is 0.585. The fourth-order valence-corrected chi connectivity index (χ4v) is 1.97. The van der Waals surface area contributed by atoms with Crippen LogP contribution in [-0.2, 0) is 6.61 Å². The summed E-state index contributed by atoms with van der Waals surface area (Å²) in [6.07, 6.45) is 1.99. The first-order valence-electron chi connectivity index (χ1n) is 6.11. The molecule has 0 atom stereocenters. The topological polar surface area (TPSA) is 21.6 Å². The van der Waals surface area contributed by atoms with Gasteiger partial charge in [-0.25, -0.2) is 4.99 Å². The van der Waals surface area contributed by atoms with Crippen LogP contribution >= 0.6 is 11.8 Å². The number of rotatable bonds is 5. The molecule has 0 N–H and O–H groups in total. The maximum absolute atomic E-state index is 5.81. The molecule has 2 aromatic carbocycles. The summed E-state index contributed by atoms with van der Waals surface area (Å²) in [6.45, 7) is 2.63. The van der Waals surface area contributed by atoms with Gasteiger partial charge >= 0.3 is 0 Å². The van der Waals surface area contributed by atoms with E-state index < -0.39 is 0 Å². The SMILES string of the molecule is CS/C=N/c1cc(C)cc(OCc2ccccc2)c1. The van der Waals surface area contributed by atoms with E-state index in [4.69, 9.17) is 4.74 Å². The van der Waals surface area contributed by atoms with Crippen LogP contribution < -0.4 is 4.74 Å². The van der Waals surface area contributed by atoms with Crippen LogP contribution in [0.15, 0.2) is 53.5 Å². The second-order valence-electron chi connectivity index (χ2n) is 4.25. The lowest BCUT2D eigenvalue weighted by Gasteiger charge is -2.08. The first-order valence-corrected chi connectivity index (χ1v) is 7.40. The standard InChI is InChI=1S/C16H17NOS/c1-13-8-15(17-12-19-2)10-16(9-13)18-11-14-6-4-3-5-7-14/h3-10,12H,11H2,1-2H3/b17-12+. The van der Waals surface area contributed by atoms with Gasteiger partial charge in [0.15, 0.2) is 0 Å². The summed E-state index contributed by atoms with van der Waals surface area (Å²) in [5, 5.41) is 0. The van der Waals surface area contributed by atoms with Crippen LogP contribution in [0.1, 0.15) is 11.1 Å². The Balaban J connectivity index is 2.07. The summed E-state index contributed by atoms with van der Waals surface area (Å²) in [5.74, 6) is 0.858. The van der Waals surface area contributed by atoms with E-state index in [1.165, 1.54) is 0 Å². The van der Waals surface area contributed by atoms with Crippen molar-refractivity contribution in [1.29, 1.82) is 0 Å². The van der Waals surface area contributed by atoms with Crippen molar-refractivity contribution < 1.29 is 4.74 Å². The van der Waals surface area contributed by atoms with Gasteiger partial charge in [-0.05, 0) is 36.4 Å². The molecule has 0 aliphatic heterocycles. The zero-order valence-electron chi connectivity index (χ0n) is 11.2. The lowest BCUT2D eigenvalue weighted by molar-refractivity contribution is 0.306. The molecule has 2 aromatic rings. The second kappa shape index (κ2) is 7.00. The van der Waals surface area contributed by atoms with Gasteiger partial charge in [0.25, 0.3) is 0 Å². The van der Waals surface area contributed by atoms with Crippen LogP contribution in [0.4, 0.5) is 5.69 Å². The van der Waals surface area contributed by atoms with Crippen LogP contribution in [0.3, 0.4) is 0 Å². The molecule has 0 unspecified atom stereocenters. The van der Waals surface area contributed by atoms with Crippen LogP contribution in [0.25, 0.3) is 0 Å². The molecule has 0 fully saturated rings. The number of ether oxygens (including phenoxy) is 1. The molecule has 0 bridgehead atoms. The highest BCUT2D eigenvalue weighted by molar-refractivity contribution is 8.11. The Hall–Kier alpha value is -1.74. The highest BCUT2D eigenvalue weighted by Gasteiger charge is 1.99.